The van der Waals surface area contributed by atoms with E-state index in [1.54, 1.807) is 12.1 Å². The molecule has 0 saturated heterocycles. The second kappa shape index (κ2) is 9.48. The number of rotatable bonds is 5. The molecule has 1 aromatic carbocycles. The second-order valence-electron chi connectivity index (χ2n) is 7.03. The molecular weight excluding hydrogens is 365 g/mol. The number of fused-ring (bicyclic) bond motifs is 1. The van der Waals surface area contributed by atoms with Crippen LogP contribution in [0.3, 0.4) is 0 Å². The van der Waals surface area contributed by atoms with Crippen molar-refractivity contribution in [3.8, 4) is 5.75 Å². The number of hydrogen-bond acceptors (Lipinski definition) is 7. The van der Waals surface area contributed by atoms with Gasteiger partial charge in [0.15, 0.2) is 0 Å². The molecule has 1 unspecified atom stereocenters. The van der Waals surface area contributed by atoms with Crippen LogP contribution in [0.5, 0.6) is 5.75 Å². The smallest absolute Gasteiger partial charge is 0.511 e. The van der Waals surface area contributed by atoms with E-state index in [-0.39, 0.29) is 31.0 Å². The molecule has 1 aromatic rings. The van der Waals surface area contributed by atoms with E-state index in [4.69, 9.17) is 18.9 Å². The zero-order valence-electron chi connectivity index (χ0n) is 15.9. The summed E-state index contributed by atoms with van der Waals surface area (Å²) in [7, 11) is 0.265. The lowest BCUT2D eigenvalue weighted by Gasteiger charge is -2.26. The third kappa shape index (κ3) is 5.40. The first-order valence-electron chi connectivity index (χ1n) is 9.55. The fourth-order valence-corrected chi connectivity index (χ4v) is 3.53. The van der Waals surface area contributed by atoms with Crippen molar-refractivity contribution < 1.29 is 33.2 Å². The standard InChI is InChI=1S/C19H24BNO7/c1-12(22)21-16-10-13-6-5-9-15(17(13)28-20-16)18(23)25-11-26-19(24)27-14-7-3-2-4-8-14/h5-6,9,14,16,20H,2-4,7-8,10-11H2,1H3,(H,21,22). The molecular formula is C19H24BNO7. The van der Waals surface area contributed by atoms with Crippen molar-refractivity contribution in [2.45, 2.75) is 57.5 Å². The van der Waals surface area contributed by atoms with Gasteiger partial charge in [-0.25, -0.2) is 9.59 Å². The van der Waals surface area contributed by atoms with E-state index < -0.39 is 18.9 Å². The molecule has 1 N–H and O–H groups in total. The first-order chi connectivity index (χ1) is 13.5. The molecule has 0 aromatic heterocycles. The van der Waals surface area contributed by atoms with Crippen LogP contribution in [0.1, 0.15) is 54.9 Å². The van der Waals surface area contributed by atoms with Gasteiger partial charge in [0.1, 0.15) is 17.4 Å². The minimum atomic E-state index is -0.829. The van der Waals surface area contributed by atoms with Crippen molar-refractivity contribution in [2.24, 2.45) is 0 Å². The molecule has 0 bridgehead atoms. The van der Waals surface area contributed by atoms with Gasteiger partial charge in [0.05, 0.1) is 0 Å². The lowest BCUT2D eigenvalue weighted by Crippen LogP contribution is -2.44. The van der Waals surface area contributed by atoms with Gasteiger partial charge in [0, 0.05) is 12.9 Å². The van der Waals surface area contributed by atoms with Crippen LogP contribution >= 0.6 is 0 Å². The first-order valence-corrected chi connectivity index (χ1v) is 9.55. The second-order valence-corrected chi connectivity index (χ2v) is 7.03. The molecule has 28 heavy (non-hydrogen) atoms. The molecule has 1 atom stereocenters. The average molecular weight is 389 g/mol. The Balaban J connectivity index is 1.49. The summed E-state index contributed by atoms with van der Waals surface area (Å²) in [6.45, 7) is 0.922. The van der Waals surface area contributed by atoms with Gasteiger partial charge in [-0.05, 0) is 43.7 Å². The highest BCUT2D eigenvalue weighted by molar-refractivity contribution is 6.32. The third-order valence-electron chi connectivity index (χ3n) is 4.80. The Hall–Kier alpha value is -2.71. The minimum absolute atomic E-state index is 0.122. The number of amides is 1. The molecule has 8 nitrogen and oxygen atoms in total. The third-order valence-corrected chi connectivity index (χ3v) is 4.80. The van der Waals surface area contributed by atoms with Crippen LogP contribution < -0.4 is 9.97 Å². The number of para-hydroxylation sites is 1. The lowest BCUT2D eigenvalue weighted by atomic mass is 9.79. The molecule has 0 radical (unpaired) electrons. The lowest BCUT2D eigenvalue weighted by molar-refractivity contribution is -0.119. The Morgan fingerprint density at radius 1 is 1.18 bits per heavy atom. The van der Waals surface area contributed by atoms with Crippen molar-refractivity contribution in [2.75, 3.05) is 6.79 Å². The van der Waals surface area contributed by atoms with Crippen LogP contribution in [0.2, 0.25) is 0 Å². The maximum Gasteiger partial charge on any atom is 0.511 e. The number of esters is 1. The van der Waals surface area contributed by atoms with E-state index in [1.807, 2.05) is 6.07 Å². The monoisotopic (exact) mass is 389 g/mol. The van der Waals surface area contributed by atoms with Crippen LogP contribution in [0.15, 0.2) is 18.2 Å². The Labute approximate surface area is 164 Å². The number of carbonyl (C=O) groups excluding carboxylic acids is 3. The van der Waals surface area contributed by atoms with E-state index in [0.717, 1.165) is 37.7 Å². The predicted molar refractivity (Wildman–Crippen MR) is 100 cm³/mol. The molecule has 2 aliphatic rings. The van der Waals surface area contributed by atoms with Gasteiger partial charge in [-0.1, -0.05) is 18.6 Å². The fraction of sp³-hybridized carbons (Fsp3) is 0.526. The number of hydrogen-bond donors (Lipinski definition) is 1. The highest BCUT2D eigenvalue weighted by atomic mass is 16.8. The number of nitrogens with one attached hydrogen (secondary N) is 1. The Bertz CT molecular complexity index is 733. The van der Waals surface area contributed by atoms with Crippen LogP contribution in [-0.4, -0.2) is 44.4 Å². The maximum atomic E-state index is 12.3. The minimum Gasteiger partial charge on any atom is -0.561 e. The summed E-state index contributed by atoms with van der Waals surface area (Å²) in [6.07, 6.45) is 4.50. The summed E-state index contributed by atoms with van der Waals surface area (Å²) in [6, 6.07) is 5.13. The summed E-state index contributed by atoms with van der Waals surface area (Å²) >= 11 is 0. The van der Waals surface area contributed by atoms with Gasteiger partial charge in [-0.2, -0.15) is 0 Å². The average Bonchev–Trinajstić information content (AvgIpc) is 2.67. The summed E-state index contributed by atoms with van der Waals surface area (Å²) in [5.41, 5.74) is 1.06. The van der Waals surface area contributed by atoms with Crippen molar-refractivity contribution >= 4 is 25.5 Å². The maximum absolute atomic E-state index is 12.3. The van der Waals surface area contributed by atoms with E-state index >= 15 is 0 Å². The van der Waals surface area contributed by atoms with Gasteiger partial charge in [-0.3, -0.25) is 4.79 Å². The molecule has 1 amide bonds. The van der Waals surface area contributed by atoms with Crippen LogP contribution in [-0.2, 0) is 25.4 Å². The molecule has 9 heteroatoms. The van der Waals surface area contributed by atoms with Gasteiger partial charge >= 0.3 is 19.6 Å². The molecule has 1 fully saturated rings. The molecule has 3 rings (SSSR count). The summed E-state index contributed by atoms with van der Waals surface area (Å²) in [5.74, 6) is -0.502. The summed E-state index contributed by atoms with van der Waals surface area (Å²) in [4.78, 5) is 35.2. The van der Waals surface area contributed by atoms with Crippen LogP contribution in [0.4, 0.5) is 4.79 Å². The Morgan fingerprint density at radius 3 is 2.71 bits per heavy atom. The van der Waals surface area contributed by atoms with Crippen molar-refractivity contribution in [1.82, 2.24) is 5.32 Å². The van der Waals surface area contributed by atoms with Gasteiger partial charge < -0.3 is 24.2 Å². The molecule has 0 spiro atoms. The highest BCUT2D eigenvalue weighted by Crippen LogP contribution is 2.29. The molecule has 1 aliphatic carbocycles. The molecule has 1 saturated carbocycles. The van der Waals surface area contributed by atoms with E-state index in [9.17, 15) is 14.4 Å². The number of benzene rings is 1. The number of carbonyl (C=O) groups is 3. The Kier molecular flexibility index (Phi) is 6.78. The zero-order valence-corrected chi connectivity index (χ0v) is 15.9. The summed E-state index contributed by atoms with van der Waals surface area (Å²) < 4.78 is 20.8. The first kappa shape index (κ1) is 20.0. The van der Waals surface area contributed by atoms with Gasteiger partial charge in [0.2, 0.25) is 12.7 Å². The predicted octanol–water partition coefficient (Wildman–Crippen LogP) is 2.04. The SMILES string of the molecule is CC(=O)NC1BOc2c(cccc2C(=O)OCOC(=O)OC2CCCCC2)C1. The fourth-order valence-electron chi connectivity index (χ4n) is 3.53. The number of ether oxygens (including phenoxy) is 3. The highest BCUT2D eigenvalue weighted by Gasteiger charge is 2.27. The van der Waals surface area contributed by atoms with Crippen LogP contribution in [0, 0.1) is 0 Å². The molecule has 150 valence electrons. The molecule has 1 aliphatic heterocycles. The topological polar surface area (TPSA) is 100 Å². The quantitative estimate of drug-likeness (QED) is 0.467. The van der Waals surface area contributed by atoms with Gasteiger partial charge in [0.25, 0.3) is 0 Å². The van der Waals surface area contributed by atoms with Crippen molar-refractivity contribution in [3.63, 3.8) is 0 Å². The van der Waals surface area contributed by atoms with Crippen LogP contribution in [0.25, 0.3) is 0 Å². The van der Waals surface area contributed by atoms with E-state index in [2.05, 4.69) is 5.32 Å². The summed E-state index contributed by atoms with van der Waals surface area (Å²) in [5, 5.41) is 2.80. The van der Waals surface area contributed by atoms with E-state index in [0.29, 0.717) is 12.2 Å². The largest absolute Gasteiger partial charge is 0.561 e. The normalized spacial score (nSPS) is 18.7. The van der Waals surface area contributed by atoms with Gasteiger partial charge in [-0.15, -0.1) is 0 Å². The van der Waals surface area contributed by atoms with E-state index in [1.165, 1.54) is 6.92 Å². The van der Waals surface area contributed by atoms with Crippen molar-refractivity contribution in [3.05, 3.63) is 29.3 Å². The zero-order chi connectivity index (χ0) is 19.9. The molecule has 1 heterocycles. The Morgan fingerprint density at radius 2 is 1.96 bits per heavy atom. The van der Waals surface area contributed by atoms with Crippen molar-refractivity contribution in [1.29, 1.82) is 0 Å².